The number of hydrogen-bond donors (Lipinski definition) is 0. The number of hydrogen-bond acceptors (Lipinski definition) is 1. The van der Waals surface area contributed by atoms with Gasteiger partial charge in [-0.15, -0.1) is 0 Å². The molecule has 0 N–H and O–H groups in total. The summed E-state index contributed by atoms with van der Waals surface area (Å²) in [6.07, 6.45) is 5.66. The predicted octanol–water partition coefficient (Wildman–Crippen LogP) is 7.98. The zero-order chi connectivity index (χ0) is 20.1. The Labute approximate surface area is 165 Å². The van der Waals surface area contributed by atoms with E-state index in [0.717, 1.165) is 24.6 Å². The third kappa shape index (κ3) is 4.89. The summed E-state index contributed by atoms with van der Waals surface area (Å²) in [5, 5.41) is 1.30. The highest BCUT2D eigenvalue weighted by Crippen LogP contribution is 2.41. The van der Waals surface area contributed by atoms with Crippen LogP contribution in [0.15, 0.2) is 36.9 Å². The third-order valence-corrected chi connectivity index (χ3v) is 5.94. The maximum atomic E-state index is 14.7. The minimum Gasteiger partial charge on any atom is -0.432 e. The SMILES string of the molecule is C=Cc1cc2ccc(OC(F)(F)C3CCC(CCCCC)CC3)cc2cc1F. The number of ether oxygens (including phenoxy) is 1. The van der Waals surface area contributed by atoms with Crippen molar-refractivity contribution in [3.63, 3.8) is 0 Å². The van der Waals surface area contributed by atoms with Gasteiger partial charge < -0.3 is 4.74 Å². The lowest BCUT2D eigenvalue weighted by Crippen LogP contribution is -2.37. The van der Waals surface area contributed by atoms with Crippen LogP contribution in [0.2, 0.25) is 0 Å². The summed E-state index contributed by atoms with van der Waals surface area (Å²) in [7, 11) is 0. The molecule has 2 aromatic carbocycles. The largest absolute Gasteiger partial charge is 0.432 e. The Morgan fingerprint density at radius 1 is 1.07 bits per heavy atom. The third-order valence-electron chi connectivity index (χ3n) is 5.94. The van der Waals surface area contributed by atoms with Gasteiger partial charge in [-0.25, -0.2) is 4.39 Å². The first-order valence-electron chi connectivity index (χ1n) is 10.4. The molecule has 2 aromatic rings. The van der Waals surface area contributed by atoms with Gasteiger partial charge in [-0.1, -0.05) is 51.3 Å². The molecular weight excluding hydrogens is 361 g/mol. The summed E-state index contributed by atoms with van der Waals surface area (Å²) in [5.41, 5.74) is 0.391. The summed E-state index contributed by atoms with van der Waals surface area (Å²) >= 11 is 0. The second-order valence-electron chi connectivity index (χ2n) is 7.96. The van der Waals surface area contributed by atoms with Crippen LogP contribution in [-0.2, 0) is 0 Å². The summed E-state index contributed by atoms with van der Waals surface area (Å²) in [4.78, 5) is 0. The Hall–Kier alpha value is -1.97. The van der Waals surface area contributed by atoms with E-state index in [0.29, 0.717) is 29.7 Å². The molecule has 0 atom stereocenters. The van der Waals surface area contributed by atoms with Crippen LogP contribution in [-0.4, -0.2) is 6.11 Å². The average Bonchev–Trinajstić information content (AvgIpc) is 2.68. The Bertz CT molecular complexity index is 807. The summed E-state index contributed by atoms with van der Waals surface area (Å²) in [5.74, 6) is -0.534. The van der Waals surface area contributed by atoms with Crippen LogP contribution in [0.4, 0.5) is 13.2 Å². The minimum absolute atomic E-state index is 0.0772. The molecule has 0 aromatic heterocycles. The molecule has 1 nitrogen and oxygen atoms in total. The summed E-state index contributed by atoms with van der Waals surface area (Å²) < 4.78 is 48.5. The van der Waals surface area contributed by atoms with Crippen molar-refractivity contribution in [1.82, 2.24) is 0 Å². The Balaban J connectivity index is 1.64. The number of benzene rings is 2. The molecule has 1 aliphatic rings. The van der Waals surface area contributed by atoms with Gasteiger partial charge in [0, 0.05) is 5.56 Å². The molecule has 0 amide bonds. The zero-order valence-corrected chi connectivity index (χ0v) is 16.5. The van der Waals surface area contributed by atoms with Gasteiger partial charge in [0.1, 0.15) is 11.6 Å². The van der Waals surface area contributed by atoms with E-state index in [4.69, 9.17) is 4.74 Å². The molecule has 28 heavy (non-hydrogen) atoms. The van der Waals surface area contributed by atoms with Crippen LogP contribution in [0.3, 0.4) is 0 Å². The van der Waals surface area contributed by atoms with E-state index in [9.17, 15) is 13.2 Å². The lowest BCUT2D eigenvalue weighted by Gasteiger charge is -2.33. The van der Waals surface area contributed by atoms with Gasteiger partial charge in [0.05, 0.1) is 5.92 Å². The Morgan fingerprint density at radius 3 is 2.50 bits per heavy atom. The van der Waals surface area contributed by atoms with Gasteiger partial charge in [-0.3, -0.25) is 0 Å². The van der Waals surface area contributed by atoms with E-state index in [1.54, 1.807) is 12.1 Å². The first-order valence-corrected chi connectivity index (χ1v) is 10.4. The minimum atomic E-state index is -3.21. The van der Waals surface area contributed by atoms with E-state index >= 15 is 0 Å². The molecule has 0 unspecified atom stereocenters. The molecule has 1 aliphatic carbocycles. The van der Waals surface area contributed by atoms with E-state index < -0.39 is 17.8 Å². The normalized spacial score (nSPS) is 20.3. The fourth-order valence-electron chi connectivity index (χ4n) is 4.20. The number of alkyl halides is 2. The van der Waals surface area contributed by atoms with Crippen LogP contribution in [0.5, 0.6) is 5.75 Å². The topological polar surface area (TPSA) is 9.23 Å². The van der Waals surface area contributed by atoms with Gasteiger partial charge in [0.15, 0.2) is 0 Å². The van der Waals surface area contributed by atoms with Gasteiger partial charge in [0.25, 0.3) is 0 Å². The Morgan fingerprint density at radius 2 is 1.82 bits per heavy atom. The van der Waals surface area contributed by atoms with Crippen molar-refractivity contribution in [2.24, 2.45) is 11.8 Å². The standard InChI is InChI=1S/C24H29F3O/c1-3-5-6-7-17-8-11-21(12-9-17)24(26,27)28-22-13-10-19-14-18(4-2)23(25)16-20(19)15-22/h4,10,13-17,21H,2-3,5-9,11-12H2,1H3. The van der Waals surface area contributed by atoms with Crippen molar-refractivity contribution in [1.29, 1.82) is 0 Å². The molecule has 4 heteroatoms. The monoisotopic (exact) mass is 390 g/mol. The first-order chi connectivity index (χ1) is 13.4. The maximum absolute atomic E-state index is 14.7. The molecular formula is C24H29F3O. The molecule has 0 spiro atoms. The van der Waals surface area contributed by atoms with Crippen molar-refractivity contribution in [3.05, 3.63) is 48.3 Å². The quantitative estimate of drug-likeness (QED) is 0.415. The van der Waals surface area contributed by atoms with Crippen molar-refractivity contribution in [2.75, 3.05) is 0 Å². The lowest BCUT2D eigenvalue weighted by atomic mass is 9.79. The zero-order valence-electron chi connectivity index (χ0n) is 16.5. The van der Waals surface area contributed by atoms with Crippen LogP contribution in [0, 0.1) is 17.7 Å². The molecule has 152 valence electrons. The highest BCUT2D eigenvalue weighted by molar-refractivity contribution is 5.86. The Kier molecular flexibility index (Phi) is 6.69. The van der Waals surface area contributed by atoms with Gasteiger partial charge in [-0.05, 0) is 66.6 Å². The molecule has 1 saturated carbocycles. The molecule has 1 fully saturated rings. The van der Waals surface area contributed by atoms with E-state index in [1.807, 2.05) is 0 Å². The summed E-state index contributed by atoms with van der Waals surface area (Å²) in [6, 6.07) is 7.67. The van der Waals surface area contributed by atoms with Crippen LogP contribution < -0.4 is 4.74 Å². The van der Waals surface area contributed by atoms with Gasteiger partial charge in [0.2, 0.25) is 0 Å². The second kappa shape index (κ2) is 9.02. The van der Waals surface area contributed by atoms with Gasteiger partial charge >= 0.3 is 6.11 Å². The first kappa shape index (κ1) is 20.8. The van der Waals surface area contributed by atoms with Crippen LogP contribution in [0.25, 0.3) is 16.8 Å². The van der Waals surface area contributed by atoms with Crippen molar-refractivity contribution in [3.8, 4) is 5.75 Å². The number of fused-ring (bicyclic) bond motifs is 1. The molecule has 0 heterocycles. The fourth-order valence-corrected chi connectivity index (χ4v) is 4.20. The van der Waals surface area contributed by atoms with Gasteiger partial charge in [-0.2, -0.15) is 8.78 Å². The van der Waals surface area contributed by atoms with Crippen molar-refractivity contribution >= 4 is 16.8 Å². The number of halogens is 3. The predicted molar refractivity (Wildman–Crippen MR) is 109 cm³/mol. The van der Waals surface area contributed by atoms with E-state index in [-0.39, 0.29) is 5.75 Å². The average molecular weight is 390 g/mol. The highest BCUT2D eigenvalue weighted by atomic mass is 19.3. The van der Waals surface area contributed by atoms with Crippen LogP contribution >= 0.6 is 0 Å². The molecule has 0 bridgehead atoms. The molecule has 0 aliphatic heterocycles. The summed E-state index contributed by atoms with van der Waals surface area (Å²) in [6.45, 7) is 5.75. The number of rotatable bonds is 8. The highest BCUT2D eigenvalue weighted by Gasteiger charge is 2.43. The number of unbranched alkanes of at least 4 members (excludes halogenated alkanes) is 2. The van der Waals surface area contributed by atoms with E-state index in [1.165, 1.54) is 43.5 Å². The van der Waals surface area contributed by atoms with E-state index in [2.05, 4.69) is 13.5 Å². The smallest absolute Gasteiger partial charge is 0.400 e. The maximum Gasteiger partial charge on any atom is 0.400 e. The molecule has 3 rings (SSSR count). The fraction of sp³-hybridized carbons (Fsp3) is 0.500. The van der Waals surface area contributed by atoms with Crippen molar-refractivity contribution in [2.45, 2.75) is 64.4 Å². The lowest BCUT2D eigenvalue weighted by molar-refractivity contribution is -0.223. The second-order valence-corrected chi connectivity index (χ2v) is 7.96. The van der Waals surface area contributed by atoms with Crippen LogP contribution in [0.1, 0.15) is 63.9 Å². The molecule has 0 saturated heterocycles. The van der Waals surface area contributed by atoms with Crippen molar-refractivity contribution < 1.29 is 17.9 Å². The molecule has 0 radical (unpaired) electrons.